The fraction of sp³-hybridized carbons (Fsp3) is 0.737. The Morgan fingerprint density at radius 1 is 1.28 bits per heavy atom. The van der Waals surface area contributed by atoms with E-state index in [0.29, 0.717) is 5.92 Å². The van der Waals surface area contributed by atoms with Gasteiger partial charge in [0.15, 0.2) is 0 Å². The molecule has 0 saturated carbocycles. The Morgan fingerprint density at radius 3 is 2.56 bits per heavy atom. The first-order valence-corrected chi connectivity index (χ1v) is 9.41. The lowest BCUT2D eigenvalue weighted by atomic mass is 9.77. The van der Waals surface area contributed by atoms with Crippen molar-refractivity contribution >= 4 is 18.4 Å². The first kappa shape index (κ1) is 18.7. The van der Waals surface area contributed by atoms with Gasteiger partial charge in [0.25, 0.3) is 0 Å². The monoisotopic (exact) mass is 346 g/mol. The van der Waals surface area contributed by atoms with Gasteiger partial charge >= 0.3 is 7.12 Å². The van der Waals surface area contributed by atoms with E-state index >= 15 is 0 Å². The second kappa shape index (κ2) is 6.90. The summed E-state index contributed by atoms with van der Waals surface area (Å²) in [5.74, 6) is 1.57. The zero-order valence-electron chi connectivity index (χ0n) is 16.2. The molecule has 138 valence electrons. The predicted molar refractivity (Wildman–Crippen MR) is 101 cm³/mol. The number of rotatable bonds is 4. The predicted octanol–water partition coefficient (Wildman–Crippen LogP) is 2.29. The third-order valence-corrected chi connectivity index (χ3v) is 6.02. The number of aliphatic hydroxyl groups is 1. The van der Waals surface area contributed by atoms with Crippen molar-refractivity contribution in [1.29, 1.82) is 0 Å². The highest BCUT2D eigenvalue weighted by Crippen LogP contribution is 2.36. The van der Waals surface area contributed by atoms with Gasteiger partial charge in [-0.05, 0) is 71.4 Å². The second-order valence-corrected chi connectivity index (χ2v) is 8.45. The van der Waals surface area contributed by atoms with Crippen molar-refractivity contribution < 1.29 is 14.4 Å². The molecule has 0 bridgehead atoms. The largest absolute Gasteiger partial charge is 0.496 e. The van der Waals surface area contributed by atoms with Crippen molar-refractivity contribution in [3.05, 3.63) is 17.8 Å². The fourth-order valence-electron chi connectivity index (χ4n) is 3.63. The molecule has 3 heterocycles. The summed E-state index contributed by atoms with van der Waals surface area (Å²) >= 11 is 0. The molecule has 6 heteroatoms. The van der Waals surface area contributed by atoms with Crippen LogP contribution in [0.3, 0.4) is 0 Å². The summed E-state index contributed by atoms with van der Waals surface area (Å²) in [6.07, 6.45) is 5.14. The smallest absolute Gasteiger partial charge is 0.399 e. The van der Waals surface area contributed by atoms with Crippen LogP contribution in [0.1, 0.15) is 52.5 Å². The van der Waals surface area contributed by atoms with Crippen LogP contribution in [0.2, 0.25) is 0 Å². The molecule has 25 heavy (non-hydrogen) atoms. The summed E-state index contributed by atoms with van der Waals surface area (Å²) in [5, 5.41) is 9.20. The molecule has 2 aliphatic rings. The number of pyridine rings is 1. The SMILES string of the molecule is Cc1cc(N2CCCC(CCO)C2)ncc1B1OC(C)(C)C(C)(C)O1. The lowest BCUT2D eigenvalue weighted by molar-refractivity contribution is 0.00578. The average molecular weight is 346 g/mol. The summed E-state index contributed by atoms with van der Waals surface area (Å²) in [4.78, 5) is 7.04. The lowest BCUT2D eigenvalue weighted by Gasteiger charge is -2.33. The first-order valence-electron chi connectivity index (χ1n) is 9.41. The topological polar surface area (TPSA) is 54.8 Å². The quantitative estimate of drug-likeness (QED) is 0.848. The summed E-state index contributed by atoms with van der Waals surface area (Å²) in [7, 11) is -0.366. The maximum absolute atomic E-state index is 9.20. The summed E-state index contributed by atoms with van der Waals surface area (Å²) in [6, 6.07) is 2.14. The van der Waals surface area contributed by atoms with Crippen molar-refractivity contribution in [3.63, 3.8) is 0 Å². The van der Waals surface area contributed by atoms with Crippen LogP contribution in [-0.2, 0) is 9.31 Å². The van der Waals surface area contributed by atoms with Gasteiger partial charge in [0.1, 0.15) is 5.82 Å². The fourth-order valence-corrected chi connectivity index (χ4v) is 3.63. The number of anilines is 1. The Kier molecular flexibility index (Phi) is 5.15. The number of aromatic nitrogens is 1. The van der Waals surface area contributed by atoms with Crippen LogP contribution in [0.4, 0.5) is 5.82 Å². The molecule has 1 aromatic rings. The van der Waals surface area contributed by atoms with Gasteiger partial charge < -0.3 is 19.3 Å². The Morgan fingerprint density at radius 2 is 1.96 bits per heavy atom. The Balaban J connectivity index is 1.76. The molecular formula is C19H31BN2O3. The second-order valence-electron chi connectivity index (χ2n) is 8.45. The molecule has 1 N–H and O–H groups in total. The minimum atomic E-state index is -0.366. The molecule has 5 nitrogen and oxygen atoms in total. The van der Waals surface area contributed by atoms with Crippen molar-refractivity contribution in [3.8, 4) is 0 Å². The van der Waals surface area contributed by atoms with E-state index < -0.39 is 0 Å². The van der Waals surface area contributed by atoms with Crippen LogP contribution in [0.5, 0.6) is 0 Å². The molecule has 2 fully saturated rings. The number of hydrogen-bond donors (Lipinski definition) is 1. The molecule has 0 spiro atoms. The highest BCUT2D eigenvalue weighted by molar-refractivity contribution is 6.62. The summed E-state index contributed by atoms with van der Waals surface area (Å²) < 4.78 is 12.3. The molecule has 0 aromatic carbocycles. The number of piperidine rings is 1. The molecule has 0 amide bonds. The summed E-state index contributed by atoms with van der Waals surface area (Å²) in [6.45, 7) is 12.6. The van der Waals surface area contributed by atoms with E-state index in [1.807, 2.05) is 6.20 Å². The van der Waals surface area contributed by atoms with E-state index in [4.69, 9.17) is 14.3 Å². The van der Waals surface area contributed by atoms with Gasteiger partial charge in [0.2, 0.25) is 0 Å². The maximum Gasteiger partial charge on any atom is 0.496 e. The standard InChI is InChI=1S/C19H31BN2O3/c1-14-11-17(22-9-6-7-15(13-22)8-10-23)21-12-16(14)20-24-18(2,3)19(4,5)25-20/h11-12,15,23H,6-10,13H2,1-5H3. The highest BCUT2D eigenvalue weighted by Gasteiger charge is 2.52. The minimum Gasteiger partial charge on any atom is -0.399 e. The van der Waals surface area contributed by atoms with Crippen molar-refractivity contribution in [2.24, 2.45) is 5.92 Å². The van der Waals surface area contributed by atoms with E-state index in [2.05, 4.69) is 45.6 Å². The van der Waals surface area contributed by atoms with Gasteiger partial charge in [0.05, 0.1) is 11.2 Å². The Bertz CT molecular complexity index is 603. The van der Waals surface area contributed by atoms with Crippen LogP contribution < -0.4 is 10.4 Å². The average Bonchev–Trinajstić information content (AvgIpc) is 2.75. The van der Waals surface area contributed by atoms with E-state index in [1.54, 1.807) is 0 Å². The molecule has 1 atom stereocenters. The van der Waals surface area contributed by atoms with Gasteiger partial charge in [-0.3, -0.25) is 0 Å². The third kappa shape index (κ3) is 3.71. The highest BCUT2D eigenvalue weighted by atomic mass is 16.7. The van der Waals surface area contributed by atoms with E-state index in [9.17, 15) is 5.11 Å². The van der Waals surface area contributed by atoms with Gasteiger partial charge in [-0.2, -0.15) is 0 Å². The van der Waals surface area contributed by atoms with Crippen LogP contribution in [0.25, 0.3) is 0 Å². The summed E-state index contributed by atoms with van der Waals surface area (Å²) in [5.41, 5.74) is 1.47. The molecule has 0 aliphatic carbocycles. The third-order valence-electron chi connectivity index (χ3n) is 6.02. The number of aliphatic hydroxyl groups excluding tert-OH is 1. The minimum absolute atomic E-state index is 0.270. The van der Waals surface area contributed by atoms with Gasteiger partial charge in [-0.15, -0.1) is 0 Å². The van der Waals surface area contributed by atoms with E-state index in [0.717, 1.165) is 42.8 Å². The van der Waals surface area contributed by atoms with Crippen LogP contribution >= 0.6 is 0 Å². The Labute approximate surface area is 151 Å². The Hall–Kier alpha value is -1.11. The van der Waals surface area contributed by atoms with Gasteiger partial charge in [0, 0.05) is 31.4 Å². The molecule has 0 radical (unpaired) electrons. The number of nitrogens with zero attached hydrogens (tertiary/aromatic N) is 2. The van der Waals surface area contributed by atoms with Gasteiger partial charge in [-0.25, -0.2) is 4.98 Å². The molecule has 2 saturated heterocycles. The number of hydrogen-bond acceptors (Lipinski definition) is 5. The molecule has 1 unspecified atom stereocenters. The van der Waals surface area contributed by atoms with Crippen LogP contribution in [-0.4, -0.2) is 48.1 Å². The molecule has 1 aromatic heterocycles. The zero-order valence-corrected chi connectivity index (χ0v) is 16.2. The van der Waals surface area contributed by atoms with Crippen LogP contribution in [0, 0.1) is 12.8 Å². The zero-order chi connectivity index (χ0) is 18.2. The lowest BCUT2D eigenvalue weighted by Crippen LogP contribution is -2.41. The van der Waals surface area contributed by atoms with E-state index in [-0.39, 0.29) is 24.9 Å². The molecule has 3 rings (SSSR count). The van der Waals surface area contributed by atoms with Crippen molar-refractivity contribution in [2.75, 3.05) is 24.6 Å². The molecule has 2 aliphatic heterocycles. The first-order chi connectivity index (χ1) is 11.7. The van der Waals surface area contributed by atoms with E-state index in [1.165, 1.54) is 6.42 Å². The van der Waals surface area contributed by atoms with Crippen molar-refractivity contribution in [2.45, 2.75) is 65.1 Å². The molecular weight excluding hydrogens is 315 g/mol. The van der Waals surface area contributed by atoms with Crippen molar-refractivity contribution in [1.82, 2.24) is 4.98 Å². The normalized spacial score (nSPS) is 25.4. The van der Waals surface area contributed by atoms with Gasteiger partial charge in [-0.1, -0.05) is 0 Å². The van der Waals surface area contributed by atoms with Crippen LogP contribution in [0.15, 0.2) is 12.3 Å². The number of aryl methyl sites for hydroxylation is 1. The maximum atomic E-state index is 9.20.